The minimum absolute atomic E-state index is 0.00860. The zero-order valence-corrected chi connectivity index (χ0v) is 10.3. The molecule has 0 aromatic rings. The first-order valence-corrected chi connectivity index (χ1v) is 4.99. The molecule has 2 heteroatoms. The van der Waals surface area contributed by atoms with E-state index in [1.165, 1.54) is 0 Å². The summed E-state index contributed by atoms with van der Waals surface area (Å²) in [5, 5.41) is 0. The Labute approximate surface area is 88.1 Å². The van der Waals surface area contributed by atoms with Crippen LogP contribution >= 0.6 is 0 Å². The molecule has 4 N–H and O–H groups in total. The molecule has 0 spiro atoms. The summed E-state index contributed by atoms with van der Waals surface area (Å²) in [5.41, 5.74) is 13.5. The van der Waals surface area contributed by atoms with Crippen LogP contribution in [0.4, 0.5) is 0 Å². The Morgan fingerprint density at radius 1 is 0.714 bits per heavy atom. The zero-order chi connectivity index (χ0) is 11.6. The fourth-order valence-electron chi connectivity index (χ4n) is 0.680. The van der Waals surface area contributed by atoms with Gasteiger partial charge in [-0.3, -0.25) is 0 Å². The van der Waals surface area contributed by atoms with E-state index in [4.69, 9.17) is 11.5 Å². The molecule has 0 heterocycles. The fraction of sp³-hybridized carbons (Fsp3) is 0.667. The summed E-state index contributed by atoms with van der Waals surface area (Å²) in [7, 11) is 0. The van der Waals surface area contributed by atoms with Crippen LogP contribution in [0, 0.1) is 10.8 Å². The number of allylic oxidation sites excluding steroid dienone is 4. The third-order valence-corrected chi connectivity index (χ3v) is 2.17. The molecule has 0 saturated heterocycles. The molecule has 0 aromatic heterocycles. The maximum Gasteiger partial charge on any atom is 0.0136 e. The lowest BCUT2D eigenvalue weighted by Crippen LogP contribution is -2.19. The third-order valence-electron chi connectivity index (χ3n) is 2.17. The minimum atomic E-state index is 0.00860. The number of rotatable bonds is 1. The van der Waals surface area contributed by atoms with Gasteiger partial charge >= 0.3 is 0 Å². The third kappa shape index (κ3) is 4.35. The molecule has 0 aliphatic heterocycles. The summed E-state index contributed by atoms with van der Waals surface area (Å²) in [6, 6.07) is 0. The Morgan fingerprint density at radius 3 is 1.07 bits per heavy atom. The molecule has 0 saturated carbocycles. The molecule has 0 amide bonds. The molecule has 82 valence electrons. The Balaban J connectivity index is 4.73. The standard InChI is InChI=1S/C12H24N2/c1-11(2,3)9(13)7-8-10(14)12(4,5)6/h7-8H,13-14H2,1-6H3/b9-7-,10-8-. The summed E-state index contributed by atoms with van der Waals surface area (Å²) in [5.74, 6) is 0. The second kappa shape index (κ2) is 4.07. The summed E-state index contributed by atoms with van der Waals surface area (Å²) in [6.07, 6.45) is 3.81. The second-order valence-electron chi connectivity index (χ2n) is 5.74. The minimum Gasteiger partial charge on any atom is -0.402 e. The van der Waals surface area contributed by atoms with Crippen molar-refractivity contribution in [2.24, 2.45) is 22.3 Å². The van der Waals surface area contributed by atoms with Crippen molar-refractivity contribution in [1.29, 1.82) is 0 Å². The van der Waals surface area contributed by atoms with Gasteiger partial charge in [0.2, 0.25) is 0 Å². The number of hydrogen-bond donors (Lipinski definition) is 2. The van der Waals surface area contributed by atoms with E-state index in [9.17, 15) is 0 Å². The van der Waals surface area contributed by atoms with Crippen molar-refractivity contribution in [3.8, 4) is 0 Å². The highest BCUT2D eigenvalue weighted by atomic mass is 14.6. The van der Waals surface area contributed by atoms with E-state index < -0.39 is 0 Å². The van der Waals surface area contributed by atoms with E-state index in [0.717, 1.165) is 11.4 Å². The average Bonchev–Trinajstić information content (AvgIpc) is 1.95. The maximum absolute atomic E-state index is 5.90. The first-order valence-electron chi connectivity index (χ1n) is 4.99. The predicted octanol–water partition coefficient (Wildman–Crippen LogP) is 2.76. The fourth-order valence-corrected chi connectivity index (χ4v) is 0.680. The molecular formula is C12H24N2. The molecule has 0 aromatic carbocycles. The van der Waals surface area contributed by atoms with E-state index in [-0.39, 0.29) is 10.8 Å². The van der Waals surface area contributed by atoms with Crippen molar-refractivity contribution in [3.63, 3.8) is 0 Å². The van der Waals surface area contributed by atoms with Gasteiger partial charge in [-0.05, 0) is 12.2 Å². The van der Waals surface area contributed by atoms with Crippen molar-refractivity contribution in [2.45, 2.75) is 41.5 Å². The van der Waals surface area contributed by atoms with Crippen LogP contribution in [0.1, 0.15) is 41.5 Å². The van der Waals surface area contributed by atoms with Crippen LogP contribution in [0.2, 0.25) is 0 Å². The quantitative estimate of drug-likeness (QED) is 0.634. The van der Waals surface area contributed by atoms with Gasteiger partial charge in [-0.1, -0.05) is 41.5 Å². The molecule has 0 aliphatic rings. The van der Waals surface area contributed by atoms with E-state index in [1.54, 1.807) is 0 Å². The molecule has 0 atom stereocenters. The van der Waals surface area contributed by atoms with Gasteiger partial charge < -0.3 is 11.5 Å². The van der Waals surface area contributed by atoms with Gasteiger partial charge in [0, 0.05) is 22.2 Å². The van der Waals surface area contributed by atoms with Crippen molar-refractivity contribution in [3.05, 3.63) is 23.5 Å². The van der Waals surface area contributed by atoms with E-state index in [1.807, 2.05) is 12.2 Å². The normalized spacial score (nSPS) is 15.9. The first-order chi connectivity index (χ1) is 6.05. The summed E-state index contributed by atoms with van der Waals surface area (Å²) in [4.78, 5) is 0. The van der Waals surface area contributed by atoms with Gasteiger partial charge in [-0.25, -0.2) is 0 Å². The van der Waals surface area contributed by atoms with Crippen LogP contribution in [0.15, 0.2) is 23.5 Å². The lowest BCUT2D eigenvalue weighted by atomic mass is 9.89. The van der Waals surface area contributed by atoms with Crippen LogP contribution in [0.3, 0.4) is 0 Å². The molecule has 2 nitrogen and oxygen atoms in total. The van der Waals surface area contributed by atoms with Gasteiger partial charge in [-0.2, -0.15) is 0 Å². The molecule has 0 unspecified atom stereocenters. The second-order valence-corrected chi connectivity index (χ2v) is 5.74. The molecule has 0 rings (SSSR count). The zero-order valence-electron chi connectivity index (χ0n) is 10.3. The Bertz CT molecular complexity index is 218. The number of nitrogens with two attached hydrogens (primary N) is 2. The van der Waals surface area contributed by atoms with Gasteiger partial charge in [0.25, 0.3) is 0 Å². The molecule has 14 heavy (non-hydrogen) atoms. The van der Waals surface area contributed by atoms with Crippen molar-refractivity contribution >= 4 is 0 Å². The lowest BCUT2D eigenvalue weighted by Gasteiger charge is -2.20. The SMILES string of the molecule is CC(C)(C)/C(N)=C/C=C(\N)C(C)(C)C. The van der Waals surface area contributed by atoms with E-state index in [0.29, 0.717) is 0 Å². The first kappa shape index (κ1) is 13.1. The molecule has 0 bridgehead atoms. The highest BCUT2D eigenvalue weighted by Crippen LogP contribution is 2.23. The highest BCUT2D eigenvalue weighted by molar-refractivity contribution is 5.20. The molecular weight excluding hydrogens is 172 g/mol. The van der Waals surface area contributed by atoms with Crippen LogP contribution in [0.5, 0.6) is 0 Å². The largest absolute Gasteiger partial charge is 0.402 e. The van der Waals surface area contributed by atoms with Crippen LogP contribution in [-0.2, 0) is 0 Å². The monoisotopic (exact) mass is 196 g/mol. The van der Waals surface area contributed by atoms with Gasteiger partial charge in [0.05, 0.1) is 0 Å². The average molecular weight is 196 g/mol. The van der Waals surface area contributed by atoms with Crippen molar-refractivity contribution in [1.82, 2.24) is 0 Å². The number of hydrogen-bond acceptors (Lipinski definition) is 2. The van der Waals surface area contributed by atoms with Gasteiger partial charge in [0.1, 0.15) is 0 Å². The molecule has 0 radical (unpaired) electrons. The van der Waals surface area contributed by atoms with E-state index >= 15 is 0 Å². The smallest absolute Gasteiger partial charge is 0.0136 e. The summed E-state index contributed by atoms with van der Waals surface area (Å²) in [6.45, 7) is 12.5. The lowest BCUT2D eigenvalue weighted by molar-refractivity contribution is 0.491. The summed E-state index contributed by atoms with van der Waals surface area (Å²) >= 11 is 0. The molecule has 0 fully saturated rings. The Morgan fingerprint density at radius 2 is 0.929 bits per heavy atom. The van der Waals surface area contributed by atoms with E-state index in [2.05, 4.69) is 41.5 Å². The van der Waals surface area contributed by atoms with Crippen molar-refractivity contribution < 1.29 is 0 Å². The van der Waals surface area contributed by atoms with Gasteiger partial charge in [0.15, 0.2) is 0 Å². The molecule has 0 aliphatic carbocycles. The van der Waals surface area contributed by atoms with Gasteiger partial charge in [-0.15, -0.1) is 0 Å². The van der Waals surface area contributed by atoms with Crippen LogP contribution < -0.4 is 11.5 Å². The maximum atomic E-state index is 5.90. The van der Waals surface area contributed by atoms with Crippen LogP contribution in [0.25, 0.3) is 0 Å². The highest BCUT2D eigenvalue weighted by Gasteiger charge is 2.15. The summed E-state index contributed by atoms with van der Waals surface area (Å²) < 4.78 is 0. The topological polar surface area (TPSA) is 52.0 Å². The van der Waals surface area contributed by atoms with Crippen molar-refractivity contribution in [2.75, 3.05) is 0 Å². The Hall–Kier alpha value is -0.920. The Kier molecular flexibility index (Phi) is 3.81. The van der Waals surface area contributed by atoms with Crippen LogP contribution in [-0.4, -0.2) is 0 Å². The predicted molar refractivity (Wildman–Crippen MR) is 63.5 cm³/mol.